The second-order valence-corrected chi connectivity index (χ2v) is 8.12. The Balaban J connectivity index is 2.02. The molecule has 1 aliphatic rings. The van der Waals surface area contributed by atoms with E-state index in [0.29, 0.717) is 5.56 Å². The number of benzene rings is 1. The third-order valence-corrected chi connectivity index (χ3v) is 5.94. The highest BCUT2D eigenvalue weighted by Gasteiger charge is 2.42. The van der Waals surface area contributed by atoms with Crippen LogP contribution in [0.3, 0.4) is 0 Å². The Kier molecular flexibility index (Phi) is 5.47. The van der Waals surface area contributed by atoms with E-state index >= 15 is 0 Å². The average molecular weight is 368 g/mol. The third-order valence-electron chi connectivity index (χ3n) is 4.98. The van der Waals surface area contributed by atoms with Gasteiger partial charge in [0.15, 0.2) is 0 Å². The Morgan fingerprint density at radius 3 is 2.73 bits per heavy atom. The molecule has 2 heterocycles. The number of aromatic nitrogens is 1. The maximum atomic E-state index is 13.2. The Morgan fingerprint density at radius 2 is 2.04 bits per heavy atom. The summed E-state index contributed by atoms with van der Waals surface area (Å²) in [5.74, 6) is 0.957. The fourth-order valence-electron chi connectivity index (χ4n) is 3.24. The predicted molar refractivity (Wildman–Crippen MR) is 108 cm³/mol. The highest BCUT2D eigenvalue weighted by Crippen LogP contribution is 2.36. The fraction of sp³-hybridized carbons (Fsp3) is 0.381. The van der Waals surface area contributed by atoms with E-state index in [1.165, 1.54) is 4.90 Å². The average Bonchev–Trinajstić information content (AvgIpc) is 3.00. The smallest absolute Gasteiger partial charge is 0.267 e. The van der Waals surface area contributed by atoms with Crippen LogP contribution >= 0.6 is 11.8 Å². The standard InChI is InChI=1S/C21H25N3OS/c1-5-21(4)13-18(17-9-7-8-10-19(17)26-6-2)23-24(21)20(25)16-11-12-22-14-15(16)3/h7-12,14H,5-6,13H2,1-4H3. The van der Waals surface area contributed by atoms with Gasteiger partial charge >= 0.3 is 0 Å². The molecule has 0 N–H and O–H groups in total. The summed E-state index contributed by atoms with van der Waals surface area (Å²) in [5.41, 5.74) is 3.36. The molecule has 0 fully saturated rings. The largest absolute Gasteiger partial charge is 0.274 e. The Bertz CT molecular complexity index is 849. The second-order valence-electron chi connectivity index (χ2n) is 6.81. The molecule has 1 unspecified atom stereocenters. The summed E-state index contributed by atoms with van der Waals surface area (Å²) in [5, 5.41) is 6.50. The maximum Gasteiger partial charge on any atom is 0.274 e. The summed E-state index contributed by atoms with van der Waals surface area (Å²) < 4.78 is 0. The number of hydrazone groups is 1. The first-order chi connectivity index (χ1) is 12.5. The van der Waals surface area contributed by atoms with Crippen molar-refractivity contribution in [2.24, 2.45) is 5.10 Å². The molecule has 2 aromatic rings. The maximum absolute atomic E-state index is 13.2. The summed E-state index contributed by atoms with van der Waals surface area (Å²) in [6.07, 6.45) is 5.00. The van der Waals surface area contributed by atoms with Crippen molar-refractivity contribution in [2.75, 3.05) is 5.75 Å². The van der Waals surface area contributed by atoms with Crippen molar-refractivity contribution in [2.45, 2.75) is 51.0 Å². The first-order valence-electron chi connectivity index (χ1n) is 9.05. The van der Waals surface area contributed by atoms with Crippen LogP contribution in [0, 0.1) is 6.92 Å². The van der Waals surface area contributed by atoms with Gasteiger partial charge < -0.3 is 0 Å². The van der Waals surface area contributed by atoms with Crippen LogP contribution in [-0.4, -0.2) is 32.9 Å². The molecule has 0 saturated heterocycles. The zero-order valence-electron chi connectivity index (χ0n) is 15.8. The molecule has 0 bridgehead atoms. The number of rotatable bonds is 5. The van der Waals surface area contributed by atoms with Gasteiger partial charge in [0, 0.05) is 34.8 Å². The molecule has 1 aromatic carbocycles. The zero-order chi connectivity index (χ0) is 18.7. The fourth-order valence-corrected chi connectivity index (χ4v) is 4.07. The number of thioether (sulfide) groups is 1. The van der Waals surface area contributed by atoms with Crippen molar-refractivity contribution in [3.8, 4) is 0 Å². The van der Waals surface area contributed by atoms with Crippen molar-refractivity contribution >= 4 is 23.4 Å². The number of hydrogen-bond donors (Lipinski definition) is 0. The van der Waals surface area contributed by atoms with Crippen molar-refractivity contribution in [3.05, 3.63) is 59.4 Å². The number of hydrogen-bond acceptors (Lipinski definition) is 4. The second kappa shape index (κ2) is 7.62. The highest BCUT2D eigenvalue weighted by molar-refractivity contribution is 7.99. The van der Waals surface area contributed by atoms with Crippen LogP contribution in [0.4, 0.5) is 0 Å². The van der Waals surface area contributed by atoms with E-state index in [2.05, 4.69) is 44.0 Å². The first kappa shape index (κ1) is 18.6. The van der Waals surface area contributed by atoms with Gasteiger partial charge in [0.2, 0.25) is 0 Å². The molecule has 4 nitrogen and oxygen atoms in total. The molecule has 0 radical (unpaired) electrons. The van der Waals surface area contributed by atoms with Gasteiger partial charge in [-0.05, 0) is 43.7 Å². The van der Waals surface area contributed by atoms with Crippen LogP contribution in [-0.2, 0) is 0 Å². The van der Waals surface area contributed by atoms with Crippen molar-refractivity contribution in [1.29, 1.82) is 0 Å². The zero-order valence-corrected chi connectivity index (χ0v) is 16.6. The molecule has 1 aromatic heterocycles. The monoisotopic (exact) mass is 367 g/mol. The molecular formula is C21H25N3OS. The van der Waals surface area contributed by atoms with Gasteiger partial charge in [-0.3, -0.25) is 9.78 Å². The topological polar surface area (TPSA) is 45.6 Å². The molecule has 0 saturated carbocycles. The van der Waals surface area contributed by atoms with Gasteiger partial charge in [-0.2, -0.15) is 5.10 Å². The number of pyridine rings is 1. The van der Waals surface area contributed by atoms with Gasteiger partial charge in [-0.15, -0.1) is 11.8 Å². The van der Waals surface area contributed by atoms with Gasteiger partial charge in [0.1, 0.15) is 0 Å². The Hall–Kier alpha value is -2.14. The highest BCUT2D eigenvalue weighted by atomic mass is 32.2. The van der Waals surface area contributed by atoms with Crippen molar-refractivity contribution < 1.29 is 4.79 Å². The van der Waals surface area contributed by atoms with E-state index < -0.39 is 0 Å². The molecule has 136 valence electrons. The van der Waals surface area contributed by atoms with Crippen LogP contribution in [0.25, 0.3) is 0 Å². The molecule has 5 heteroatoms. The molecular weight excluding hydrogens is 342 g/mol. The van der Waals surface area contributed by atoms with Gasteiger partial charge in [0.05, 0.1) is 11.3 Å². The summed E-state index contributed by atoms with van der Waals surface area (Å²) in [4.78, 5) is 18.5. The molecule has 1 aliphatic heterocycles. The van der Waals surface area contributed by atoms with E-state index in [-0.39, 0.29) is 11.4 Å². The first-order valence-corrected chi connectivity index (χ1v) is 10.0. The van der Waals surface area contributed by atoms with Crippen molar-refractivity contribution in [3.63, 3.8) is 0 Å². The lowest BCUT2D eigenvalue weighted by Gasteiger charge is -2.31. The number of nitrogens with zero attached hydrogens (tertiary/aromatic N) is 3. The van der Waals surface area contributed by atoms with E-state index in [0.717, 1.165) is 35.4 Å². The van der Waals surface area contributed by atoms with Crippen LogP contribution < -0.4 is 0 Å². The number of amides is 1. The summed E-state index contributed by atoms with van der Waals surface area (Å²) in [6, 6.07) is 10.1. The summed E-state index contributed by atoms with van der Waals surface area (Å²) in [6.45, 7) is 8.30. The number of carbonyl (C=O) groups excluding carboxylic acids is 1. The SMILES string of the molecule is CCSc1ccccc1C1=NN(C(=O)c2ccncc2C)C(C)(CC)C1. The molecule has 0 spiro atoms. The van der Waals surface area contributed by atoms with Crippen molar-refractivity contribution in [1.82, 2.24) is 9.99 Å². The lowest BCUT2D eigenvalue weighted by molar-refractivity contribution is 0.0571. The molecule has 1 atom stereocenters. The normalized spacial score (nSPS) is 19.5. The quantitative estimate of drug-likeness (QED) is 0.705. The third kappa shape index (κ3) is 3.40. The minimum absolute atomic E-state index is 0.0510. The summed E-state index contributed by atoms with van der Waals surface area (Å²) in [7, 11) is 0. The van der Waals surface area contributed by atoms with Crippen LogP contribution in [0.5, 0.6) is 0 Å². The molecule has 3 rings (SSSR count). The molecule has 1 amide bonds. The predicted octanol–water partition coefficient (Wildman–Crippen LogP) is 4.92. The van der Waals surface area contributed by atoms with E-state index in [4.69, 9.17) is 5.10 Å². The molecule has 26 heavy (non-hydrogen) atoms. The van der Waals surface area contributed by atoms with Gasteiger partial charge in [-0.25, -0.2) is 5.01 Å². The van der Waals surface area contributed by atoms with Crippen LogP contribution in [0.2, 0.25) is 0 Å². The van der Waals surface area contributed by atoms with Gasteiger partial charge in [0.25, 0.3) is 5.91 Å². The van der Waals surface area contributed by atoms with Gasteiger partial charge in [-0.1, -0.05) is 32.0 Å². The number of aryl methyl sites for hydroxylation is 1. The number of carbonyl (C=O) groups is 1. The van der Waals surface area contributed by atoms with Crippen LogP contribution in [0.15, 0.2) is 52.7 Å². The van der Waals surface area contributed by atoms with E-state index in [1.807, 2.05) is 24.8 Å². The van der Waals surface area contributed by atoms with Crippen LogP contribution in [0.1, 0.15) is 55.1 Å². The Morgan fingerprint density at radius 1 is 1.27 bits per heavy atom. The Labute approximate surface area is 159 Å². The van der Waals surface area contributed by atoms with E-state index in [9.17, 15) is 4.79 Å². The summed E-state index contributed by atoms with van der Waals surface area (Å²) >= 11 is 1.81. The minimum Gasteiger partial charge on any atom is -0.267 e. The lowest BCUT2D eigenvalue weighted by atomic mass is 9.90. The van der Waals surface area contributed by atoms with E-state index in [1.54, 1.807) is 23.5 Å². The molecule has 0 aliphatic carbocycles. The lowest BCUT2D eigenvalue weighted by Crippen LogP contribution is -2.43. The minimum atomic E-state index is -0.313.